The number of carbonyl (C=O) groups excluding carboxylic acids is 2. The second kappa shape index (κ2) is 12.1. The number of aromatic nitrogens is 2. The van der Waals surface area contributed by atoms with Gasteiger partial charge >= 0.3 is 12.1 Å². The highest BCUT2D eigenvalue weighted by Crippen LogP contribution is 2.29. The summed E-state index contributed by atoms with van der Waals surface area (Å²) in [7, 11) is -4.14. The van der Waals surface area contributed by atoms with Crippen LogP contribution in [0.3, 0.4) is 0 Å². The first-order valence-corrected chi connectivity index (χ1v) is 14.1. The summed E-state index contributed by atoms with van der Waals surface area (Å²) in [5.74, 6) is 0.354. The van der Waals surface area contributed by atoms with E-state index in [0.29, 0.717) is 34.8 Å². The number of imidazole rings is 1. The van der Waals surface area contributed by atoms with Crippen LogP contribution in [0.5, 0.6) is 0 Å². The zero-order valence-electron chi connectivity index (χ0n) is 20.6. The van der Waals surface area contributed by atoms with Crippen molar-refractivity contribution in [2.45, 2.75) is 43.7 Å². The summed E-state index contributed by atoms with van der Waals surface area (Å²) in [5.41, 5.74) is 2.41. The van der Waals surface area contributed by atoms with Gasteiger partial charge in [0.2, 0.25) is 0 Å². The molecular weight excluding hydrogens is 502 g/mol. The number of amides is 1. The molecule has 1 N–H and O–H groups in total. The number of sulfonamides is 1. The van der Waals surface area contributed by atoms with E-state index in [0.717, 1.165) is 11.4 Å². The molecule has 0 saturated heterocycles. The third-order valence-electron chi connectivity index (χ3n) is 5.27. The molecule has 0 atom stereocenters. The average Bonchev–Trinajstić information content (AvgIpc) is 3.22. The molecule has 0 bridgehead atoms. The number of carbonyl (C=O) groups is 2. The number of hydrogen-bond donors (Lipinski definition) is 1. The summed E-state index contributed by atoms with van der Waals surface area (Å²) in [6, 6.07) is 13.7. The second-order valence-electron chi connectivity index (χ2n) is 7.57. The third-order valence-corrected chi connectivity index (χ3v) is 7.31. The lowest BCUT2D eigenvalue weighted by atomic mass is 10.0. The molecule has 0 spiro atoms. The molecule has 1 amide bonds. The first kappa shape index (κ1) is 27.3. The van der Waals surface area contributed by atoms with Gasteiger partial charge in [-0.3, -0.25) is 0 Å². The van der Waals surface area contributed by atoms with E-state index in [9.17, 15) is 18.0 Å². The Labute approximate surface area is 215 Å². The predicted molar refractivity (Wildman–Crippen MR) is 138 cm³/mol. The van der Waals surface area contributed by atoms with Crippen molar-refractivity contribution in [3.63, 3.8) is 0 Å². The Morgan fingerprint density at radius 1 is 1.00 bits per heavy atom. The summed E-state index contributed by atoms with van der Waals surface area (Å²) < 4.78 is 39.4. The highest BCUT2D eigenvalue weighted by atomic mass is 32.2. The first-order valence-electron chi connectivity index (χ1n) is 11.4. The van der Waals surface area contributed by atoms with Crippen LogP contribution < -0.4 is 4.72 Å². The molecule has 192 valence electrons. The largest absolute Gasteiger partial charge is 0.461 e. The topological polar surface area (TPSA) is 117 Å². The average molecular weight is 532 g/mol. The minimum Gasteiger partial charge on any atom is -0.461 e. The van der Waals surface area contributed by atoms with E-state index in [-0.39, 0.29) is 18.1 Å². The Morgan fingerprint density at radius 2 is 1.67 bits per heavy atom. The van der Waals surface area contributed by atoms with Crippen LogP contribution in [0.1, 0.15) is 42.6 Å². The van der Waals surface area contributed by atoms with Crippen molar-refractivity contribution in [3.8, 4) is 11.1 Å². The zero-order chi connectivity index (χ0) is 26.3. The van der Waals surface area contributed by atoms with Crippen molar-refractivity contribution in [2.24, 2.45) is 0 Å². The number of benzene rings is 2. The number of nitrogens with one attached hydrogen (secondary N) is 1. The summed E-state index contributed by atoms with van der Waals surface area (Å²) in [6.07, 6.45) is 1.48. The van der Waals surface area contributed by atoms with Gasteiger partial charge in [0, 0.05) is 18.5 Å². The molecular formula is C25H29N3O6S2. The lowest BCUT2D eigenvalue weighted by molar-refractivity contribution is 0.0509. The maximum absolute atomic E-state index is 12.8. The fourth-order valence-electron chi connectivity index (χ4n) is 3.69. The van der Waals surface area contributed by atoms with Crippen molar-refractivity contribution in [1.82, 2.24) is 14.3 Å². The number of rotatable bonds is 10. The number of ether oxygens (including phenoxy) is 2. The Balaban J connectivity index is 1.94. The van der Waals surface area contributed by atoms with E-state index in [1.54, 1.807) is 44.2 Å². The van der Waals surface area contributed by atoms with Crippen LogP contribution in [0, 0.1) is 0 Å². The van der Waals surface area contributed by atoms with E-state index < -0.39 is 22.1 Å². The standard InChI is InChI=1S/C25H29N3O6S2/c1-5-21-26-23(35-4)22(24(29)33-6-2)28(21)16-17-12-14-18(15-13-17)19-10-8-9-11-20(19)36(31,32)27-25(30)34-7-3/h8-15H,5-7,16H2,1-4H3,(H,27,30). The maximum Gasteiger partial charge on any atom is 0.421 e. The fraction of sp³-hybridized carbons (Fsp3) is 0.320. The van der Waals surface area contributed by atoms with Crippen LogP contribution in [0.2, 0.25) is 0 Å². The SMILES string of the molecule is CCOC(=O)NS(=O)(=O)c1ccccc1-c1ccc(Cn2c(CC)nc(SC)c2C(=O)OCC)cc1. The van der Waals surface area contributed by atoms with Gasteiger partial charge in [0.15, 0.2) is 5.69 Å². The fourth-order valence-corrected chi connectivity index (χ4v) is 5.40. The van der Waals surface area contributed by atoms with E-state index in [2.05, 4.69) is 4.98 Å². The lowest BCUT2D eigenvalue weighted by Crippen LogP contribution is -2.31. The smallest absolute Gasteiger partial charge is 0.421 e. The molecule has 0 saturated carbocycles. The highest BCUT2D eigenvalue weighted by molar-refractivity contribution is 7.98. The van der Waals surface area contributed by atoms with Gasteiger partial charge in [0.05, 0.1) is 18.1 Å². The number of nitrogens with zero attached hydrogens (tertiary/aromatic N) is 2. The van der Waals surface area contributed by atoms with Crippen molar-refractivity contribution in [3.05, 3.63) is 65.6 Å². The van der Waals surface area contributed by atoms with Crippen LogP contribution in [0.15, 0.2) is 58.5 Å². The van der Waals surface area contributed by atoms with E-state index in [1.165, 1.54) is 17.8 Å². The lowest BCUT2D eigenvalue weighted by Gasteiger charge is -2.13. The molecule has 3 aromatic rings. The molecule has 36 heavy (non-hydrogen) atoms. The van der Waals surface area contributed by atoms with Gasteiger partial charge in [-0.1, -0.05) is 49.4 Å². The second-order valence-corrected chi connectivity index (χ2v) is 10.0. The van der Waals surface area contributed by atoms with E-state index in [4.69, 9.17) is 9.47 Å². The van der Waals surface area contributed by atoms with Gasteiger partial charge in [0.25, 0.3) is 10.0 Å². The molecule has 0 radical (unpaired) electrons. The van der Waals surface area contributed by atoms with Crippen molar-refractivity contribution < 1.29 is 27.5 Å². The van der Waals surface area contributed by atoms with Gasteiger partial charge in [-0.2, -0.15) is 0 Å². The van der Waals surface area contributed by atoms with Crippen LogP contribution in [-0.4, -0.2) is 49.5 Å². The van der Waals surface area contributed by atoms with Crippen molar-refractivity contribution in [2.75, 3.05) is 19.5 Å². The Morgan fingerprint density at radius 3 is 2.28 bits per heavy atom. The summed E-state index contributed by atoms with van der Waals surface area (Å²) >= 11 is 1.39. The molecule has 0 aliphatic heterocycles. The molecule has 0 fully saturated rings. The Kier molecular flexibility index (Phi) is 9.16. The molecule has 1 heterocycles. The Bertz CT molecular complexity index is 1330. The maximum atomic E-state index is 12.8. The first-order chi connectivity index (χ1) is 17.2. The molecule has 0 aliphatic rings. The zero-order valence-corrected chi connectivity index (χ0v) is 22.2. The van der Waals surface area contributed by atoms with Crippen molar-refractivity contribution in [1.29, 1.82) is 0 Å². The summed E-state index contributed by atoms with van der Waals surface area (Å²) in [4.78, 5) is 29.0. The molecule has 11 heteroatoms. The van der Waals surface area contributed by atoms with Gasteiger partial charge in [-0.05, 0) is 37.3 Å². The minimum absolute atomic E-state index is 0.0390. The number of thioether (sulfide) groups is 1. The molecule has 1 aromatic heterocycles. The number of hydrogen-bond acceptors (Lipinski definition) is 8. The molecule has 3 rings (SSSR count). The predicted octanol–water partition coefficient (Wildman–Crippen LogP) is 4.49. The van der Waals surface area contributed by atoms with Crippen LogP contribution in [0.25, 0.3) is 11.1 Å². The van der Waals surface area contributed by atoms with Crippen molar-refractivity contribution >= 4 is 33.8 Å². The normalized spacial score (nSPS) is 11.2. The molecule has 2 aromatic carbocycles. The van der Waals surface area contributed by atoms with E-state index in [1.807, 2.05) is 34.6 Å². The van der Waals surface area contributed by atoms with Crippen LogP contribution >= 0.6 is 11.8 Å². The highest BCUT2D eigenvalue weighted by Gasteiger charge is 2.24. The molecule has 0 unspecified atom stereocenters. The monoisotopic (exact) mass is 531 g/mol. The Hall–Kier alpha value is -3.31. The van der Waals surface area contributed by atoms with Crippen LogP contribution in [0.4, 0.5) is 4.79 Å². The van der Waals surface area contributed by atoms with Gasteiger partial charge in [-0.15, -0.1) is 11.8 Å². The number of esters is 1. The molecule has 9 nitrogen and oxygen atoms in total. The molecule has 0 aliphatic carbocycles. The summed E-state index contributed by atoms with van der Waals surface area (Å²) in [6.45, 7) is 6.04. The number of aryl methyl sites for hydroxylation is 1. The van der Waals surface area contributed by atoms with E-state index >= 15 is 0 Å². The third kappa shape index (κ3) is 6.08. The summed E-state index contributed by atoms with van der Waals surface area (Å²) in [5, 5.41) is 0.621. The quantitative estimate of drug-likeness (QED) is 0.300. The van der Waals surface area contributed by atoms with Gasteiger partial charge in [-0.25, -0.2) is 27.7 Å². The minimum atomic E-state index is -4.14. The van der Waals surface area contributed by atoms with Gasteiger partial charge < -0.3 is 14.0 Å². The van der Waals surface area contributed by atoms with Crippen LogP contribution in [-0.2, 0) is 32.5 Å². The van der Waals surface area contributed by atoms with Gasteiger partial charge in [0.1, 0.15) is 10.9 Å².